The van der Waals surface area contributed by atoms with Crippen LogP contribution in [0.25, 0.3) is 0 Å². The number of nitrogens with zero attached hydrogens (tertiary/aromatic N) is 1. The van der Waals surface area contributed by atoms with Crippen LogP contribution >= 0.6 is 0 Å². The first kappa shape index (κ1) is 14.9. The zero-order valence-electron chi connectivity index (χ0n) is 12.4. The fraction of sp³-hybridized carbons (Fsp3) is 0.562. The molecule has 1 aromatic rings. The lowest BCUT2D eigenvalue weighted by Crippen LogP contribution is -2.40. The van der Waals surface area contributed by atoms with Crippen molar-refractivity contribution < 1.29 is 9.53 Å². The van der Waals surface area contributed by atoms with Gasteiger partial charge in [-0.25, -0.2) is 0 Å². The fourth-order valence-corrected chi connectivity index (χ4v) is 2.86. The largest absolute Gasteiger partial charge is 0.496 e. The third kappa shape index (κ3) is 3.73. The van der Waals surface area contributed by atoms with Gasteiger partial charge in [-0.2, -0.15) is 0 Å². The molecule has 2 rings (SSSR count). The van der Waals surface area contributed by atoms with E-state index in [4.69, 9.17) is 4.74 Å². The van der Waals surface area contributed by atoms with E-state index < -0.39 is 0 Å². The summed E-state index contributed by atoms with van der Waals surface area (Å²) in [6, 6.07) is 8.17. The highest BCUT2D eigenvalue weighted by atomic mass is 16.5. The van der Waals surface area contributed by atoms with Crippen LogP contribution in [0.15, 0.2) is 24.3 Å². The lowest BCUT2D eigenvalue weighted by molar-refractivity contribution is -0.120. The van der Waals surface area contributed by atoms with Crippen molar-refractivity contribution in [2.24, 2.45) is 0 Å². The molecule has 1 atom stereocenters. The SMILES string of the molecule is CCN1CCCC1CNC(=O)Cc1ccccc1OC. The molecule has 1 aliphatic rings. The number of carbonyl (C=O) groups is 1. The van der Waals surface area contributed by atoms with Crippen molar-refractivity contribution in [3.8, 4) is 5.75 Å². The third-order valence-electron chi connectivity index (χ3n) is 3.98. The highest BCUT2D eigenvalue weighted by Gasteiger charge is 2.23. The van der Waals surface area contributed by atoms with Crippen molar-refractivity contribution in [1.82, 2.24) is 10.2 Å². The number of carbonyl (C=O) groups excluding carboxylic acids is 1. The molecule has 0 aliphatic carbocycles. The van der Waals surface area contributed by atoms with Gasteiger partial charge in [0.1, 0.15) is 5.75 Å². The van der Waals surface area contributed by atoms with Crippen LogP contribution in [-0.2, 0) is 11.2 Å². The van der Waals surface area contributed by atoms with E-state index >= 15 is 0 Å². The van der Waals surface area contributed by atoms with Crippen molar-refractivity contribution >= 4 is 5.91 Å². The molecule has 0 radical (unpaired) electrons. The molecule has 4 heteroatoms. The Morgan fingerprint density at radius 2 is 2.25 bits per heavy atom. The Kier molecular flexibility index (Phi) is 5.41. The summed E-state index contributed by atoms with van der Waals surface area (Å²) in [6.07, 6.45) is 2.80. The number of likely N-dealkylation sites (tertiary alicyclic amines) is 1. The number of para-hydroxylation sites is 1. The molecule has 1 saturated heterocycles. The van der Waals surface area contributed by atoms with Gasteiger partial charge in [0.15, 0.2) is 0 Å². The van der Waals surface area contributed by atoms with Crippen LogP contribution in [0.5, 0.6) is 5.75 Å². The number of ether oxygens (including phenoxy) is 1. The predicted octanol–water partition coefficient (Wildman–Crippen LogP) is 1.84. The van der Waals surface area contributed by atoms with Gasteiger partial charge in [0.05, 0.1) is 13.5 Å². The van der Waals surface area contributed by atoms with Gasteiger partial charge in [-0.3, -0.25) is 9.69 Å². The molecule has 1 fully saturated rings. The van der Waals surface area contributed by atoms with Gasteiger partial charge in [0.2, 0.25) is 5.91 Å². The zero-order chi connectivity index (χ0) is 14.4. The van der Waals surface area contributed by atoms with Crippen molar-refractivity contribution in [3.63, 3.8) is 0 Å². The second kappa shape index (κ2) is 7.29. The average molecular weight is 276 g/mol. The fourth-order valence-electron chi connectivity index (χ4n) is 2.86. The van der Waals surface area contributed by atoms with Gasteiger partial charge in [-0.15, -0.1) is 0 Å². The predicted molar refractivity (Wildman–Crippen MR) is 80.0 cm³/mol. The van der Waals surface area contributed by atoms with E-state index in [1.54, 1.807) is 7.11 Å². The summed E-state index contributed by atoms with van der Waals surface area (Å²) in [5, 5.41) is 3.05. The third-order valence-corrected chi connectivity index (χ3v) is 3.98. The molecule has 1 aromatic carbocycles. The molecule has 1 amide bonds. The summed E-state index contributed by atoms with van der Waals surface area (Å²) in [6.45, 7) is 5.15. The first-order valence-electron chi connectivity index (χ1n) is 7.37. The van der Waals surface area contributed by atoms with E-state index in [1.807, 2.05) is 24.3 Å². The zero-order valence-corrected chi connectivity index (χ0v) is 12.4. The van der Waals surface area contributed by atoms with Gasteiger partial charge >= 0.3 is 0 Å². The van der Waals surface area contributed by atoms with E-state index in [0.717, 1.165) is 30.9 Å². The lowest BCUT2D eigenvalue weighted by Gasteiger charge is -2.22. The Morgan fingerprint density at radius 1 is 1.45 bits per heavy atom. The number of likely N-dealkylation sites (N-methyl/N-ethyl adjacent to an activating group) is 1. The second-order valence-corrected chi connectivity index (χ2v) is 5.22. The van der Waals surface area contributed by atoms with Crippen LogP contribution in [0.4, 0.5) is 0 Å². The molecule has 1 N–H and O–H groups in total. The Balaban J connectivity index is 1.83. The summed E-state index contributed by atoms with van der Waals surface area (Å²) in [5.74, 6) is 0.844. The molecule has 1 unspecified atom stereocenters. The Bertz CT molecular complexity index is 448. The molecule has 0 aromatic heterocycles. The van der Waals surface area contributed by atoms with E-state index in [0.29, 0.717) is 12.5 Å². The van der Waals surface area contributed by atoms with Gasteiger partial charge in [0.25, 0.3) is 0 Å². The Hall–Kier alpha value is -1.55. The molecule has 110 valence electrons. The standard InChI is InChI=1S/C16H24N2O2/c1-3-18-10-6-8-14(18)12-17-16(19)11-13-7-4-5-9-15(13)20-2/h4-5,7,9,14H,3,6,8,10-12H2,1-2H3,(H,17,19). The number of amides is 1. The highest BCUT2D eigenvalue weighted by molar-refractivity contribution is 5.79. The van der Waals surface area contributed by atoms with Crippen LogP contribution in [0, 0.1) is 0 Å². The summed E-state index contributed by atoms with van der Waals surface area (Å²) in [5.41, 5.74) is 0.936. The monoisotopic (exact) mass is 276 g/mol. The molecule has 4 nitrogen and oxygen atoms in total. The second-order valence-electron chi connectivity index (χ2n) is 5.22. The van der Waals surface area contributed by atoms with E-state index in [2.05, 4.69) is 17.1 Å². The average Bonchev–Trinajstić information content (AvgIpc) is 2.93. The molecular weight excluding hydrogens is 252 g/mol. The number of nitrogens with one attached hydrogen (secondary N) is 1. The van der Waals surface area contributed by atoms with Crippen LogP contribution < -0.4 is 10.1 Å². The maximum atomic E-state index is 12.0. The van der Waals surface area contributed by atoms with Gasteiger partial charge < -0.3 is 10.1 Å². The quantitative estimate of drug-likeness (QED) is 0.862. The topological polar surface area (TPSA) is 41.6 Å². The lowest BCUT2D eigenvalue weighted by atomic mass is 10.1. The van der Waals surface area contributed by atoms with Crippen molar-refractivity contribution in [2.75, 3.05) is 26.7 Å². The molecular formula is C16H24N2O2. The number of hydrogen-bond acceptors (Lipinski definition) is 3. The molecule has 0 bridgehead atoms. The van der Waals surface area contributed by atoms with Crippen LogP contribution in [0.2, 0.25) is 0 Å². The van der Waals surface area contributed by atoms with E-state index in [-0.39, 0.29) is 5.91 Å². The highest BCUT2D eigenvalue weighted by Crippen LogP contribution is 2.18. The minimum absolute atomic E-state index is 0.0671. The number of hydrogen-bond donors (Lipinski definition) is 1. The Labute approximate surface area is 121 Å². The summed E-state index contributed by atoms with van der Waals surface area (Å²) < 4.78 is 5.27. The van der Waals surface area contributed by atoms with Gasteiger partial charge in [-0.05, 0) is 32.0 Å². The maximum absolute atomic E-state index is 12.0. The van der Waals surface area contributed by atoms with E-state index in [1.165, 1.54) is 12.8 Å². The minimum Gasteiger partial charge on any atom is -0.496 e. The summed E-state index contributed by atoms with van der Waals surface area (Å²) in [7, 11) is 1.63. The Morgan fingerprint density at radius 3 is 3.00 bits per heavy atom. The first-order valence-corrected chi connectivity index (χ1v) is 7.37. The van der Waals surface area contributed by atoms with Gasteiger partial charge in [-0.1, -0.05) is 25.1 Å². The summed E-state index contributed by atoms with van der Waals surface area (Å²) >= 11 is 0. The van der Waals surface area contributed by atoms with Crippen LogP contribution in [-0.4, -0.2) is 43.6 Å². The van der Waals surface area contributed by atoms with Crippen molar-refractivity contribution in [2.45, 2.75) is 32.2 Å². The normalized spacial score (nSPS) is 19.0. The van der Waals surface area contributed by atoms with E-state index in [9.17, 15) is 4.79 Å². The van der Waals surface area contributed by atoms with Gasteiger partial charge in [0, 0.05) is 18.2 Å². The first-order chi connectivity index (χ1) is 9.74. The smallest absolute Gasteiger partial charge is 0.224 e. The molecule has 20 heavy (non-hydrogen) atoms. The van der Waals surface area contributed by atoms with Crippen LogP contribution in [0.1, 0.15) is 25.3 Å². The minimum atomic E-state index is 0.0671. The molecule has 0 saturated carbocycles. The van der Waals surface area contributed by atoms with Crippen LogP contribution in [0.3, 0.4) is 0 Å². The number of rotatable bonds is 6. The summed E-state index contributed by atoms with van der Waals surface area (Å²) in [4.78, 5) is 14.5. The number of benzene rings is 1. The maximum Gasteiger partial charge on any atom is 0.224 e. The molecule has 0 spiro atoms. The van der Waals surface area contributed by atoms with Crippen molar-refractivity contribution in [3.05, 3.63) is 29.8 Å². The molecule has 1 aliphatic heterocycles. The number of methoxy groups -OCH3 is 1. The van der Waals surface area contributed by atoms with Crippen molar-refractivity contribution in [1.29, 1.82) is 0 Å². The molecule has 1 heterocycles.